The van der Waals surface area contributed by atoms with Gasteiger partial charge in [0.1, 0.15) is 12.4 Å². The number of nitrogens with zero attached hydrogens (tertiary/aromatic N) is 3. The van der Waals surface area contributed by atoms with Crippen molar-refractivity contribution in [2.45, 2.75) is 25.9 Å². The smallest absolute Gasteiger partial charge is 0.236 e. The Kier molecular flexibility index (Phi) is 9.47. The summed E-state index contributed by atoms with van der Waals surface area (Å²) in [5.41, 5.74) is 1.96. The first-order valence-electron chi connectivity index (χ1n) is 12.7. The molecule has 1 N–H and O–H groups in total. The van der Waals surface area contributed by atoms with Crippen molar-refractivity contribution >= 4 is 11.8 Å². The molecule has 192 valence electrons. The number of ether oxygens (including phenoxy) is 2. The van der Waals surface area contributed by atoms with Crippen LogP contribution in [0.1, 0.15) is 24.1 Å². The highest BCUT2D eigenvalue weighted by Crippen LogP contribution is 2.29. The van der Waals surface area contributed by atoms with E-state index < -0.39 is 0 Å². The maximum Gasteiger partial charge on any atom is 0.236 e. The van der Waals surface area contributed by atoms with Crippen LogP contribution >= 0.6 is 0 Å². The highest BCUT2D eigenvalue weighted by atomic mass is 16.5. The number of amides is 2. The Morgan fingerprint density at radius 2 is 2.06 bits per heavy atom. The monoisotopic (exact) mass is 492 g/mol. The van der Waals surface area contributed by atoms with Crippen molar-refractivity contribution in [3.8, 4) is 5.75 Å². The second-order valence-corrected chi connectivity index (χ2v) is 9.41. The Bertz CT molecular complexity index is 1030. The maximum absolute atomic E-state index is 13.5. The number of methoxy groups -OCH3 is 1. The lowest BCUT2D eigenvalue weighted by molar-refractivity contribution is -0.135. The first-order chi connectivity index (χ1) is 17.6. The largest absolute Gasteiger partial charge is 0.489 e. The summed E-state index contributed by atoms with van der Waals surface area (Å²) in [4.78, 5) is 34.5. The number of carbonyl (C=O) groups excluding carboxylic acids is 2. The second-order valence-electron chi connectivity index (χ2n) is 9.41. The summed E-state index contributed by atoms with van der Waals surface area (Å²) >= 11 is 0. The summed E-state index contributed by atoms with van der Waals surface area (Å²) in [5.74, 6) is 1.22. The van der Waals surface area contributed by atoms with E-state index in [0.717, 1.165) is 23.4 Å². The first-order valence-corrected chi connectivity index (χ1v) is 12.7. The third kappa shape index (κ3) is 7.38. The van der Waals surface area contributed by atoms with E-state index in [9.17, 15) is 9.59 Å². The van der Waals surface area contributed by atoms with Crippen molar-refractivity contribution in [1.82, 2.24) is 20.1 Å². The molecule has 36 heavy (non-hydrogen) atoms. The molecule has 0 unspecified atom stereocenters. The Morgan fingerprint density at radius 3 is 2.89 bits per heavy atom. The molecule has 0 aliphatic carbocycles. The molecule has 2 aromatic rings. The molecule has 2 bridgehead atoms. The lowest BCUT2D eigenvalue weighted by atomic mass is 9.82. The fraction of sp³-hybridized carbons (Fsp3) is 0.464. The second kappa shape index (κ2) is 13.2. The van der Waals surface area contributed by atoms with Crippen LogP contribution in [0, 0.1) is 11.8 Å². The molecule has 3 heterocycles. The van der Waals surface area contributed by atoms with E-state index in [2.05, 4.69) is 21.3 Å². The average molecular weight is 493 g/mol. The number of benzene rings is 1. The maximum atomic E-state index is 13.5. The minimum Gasteiger partial charge on any atom is -0.489 e. The zero-order chi connectivity index (χ0) is 25.2. The van der Waals surface area contributed by atoms with E-state index in [1.165, 1.54) is 0 Å². The van der Waals surface area contributed by atoms with Crippen LogP contribution in [-0.4, -0.2) is 73.1 Å². The van der Waals surface area contributed by atoms with Gasteiger partial charge in [-0.2, -0.15) is 0 Å². The van der Waals surface area contributed by atoms with Gasteiger partial charge in [0.25, 0.3) is 0 Å². The van der Waals surface area contributed by atoms with Gasteiger partial charge in [-0.05, 0) is 36.5 Å². The summed E-state index contributed by atoms with van der Waals surface area (Å²) in [6.07, 6.45) is 7.16. The Balaban J connectivity index is 1.52. The number of fused-ring (bicyclic) bond motifs is 3. The van der Waals surface area contributed by atoms with E-state index in [1.807, 2.05) is 53.4 Å². The first kappa shape index (κ1) is 25.9. The number of nitrogens with one attached hydrogen (secondary N) is 1. The molecule has 0 saturated carbocycles. The molecule has 0 radical (unpaired) electrons. The zero-order valence-corrected chi connectivity index (χ0v) is 21.0. The summed E-state index contributed by atoms with van der Waals surface area (Å²) in [6, 6.07) is 13.8. The van der Waals surface area contributed by atoms with Crippen LogP contribution in [0.5, 0.6) is 5.75 Å². The van der Waals surface area contributed by atoms with Gasteiger partial charge in [0, 0.05) is 58.0 Å². The standard InChI is InChI=1S/C28H36N4O4/c1-35-16-13-30-27(33)17-22-11-14-32-19-23(22)8-6-15-36-26-10-3-2-7-24(26)18-31(21-28(32)34)20-25-9-4-5-12-29-25/h2-10,12,22-23H,11,13-21H2,1H3,(H,30,33)/b8-6-/t22-,23-/m0/s1. The summed E-state index contributed by atoms with van der Waals surface area (Å²) in [6.45, 7) is 4.16. The van der Waals surface area contributed by atoms with Crippen LogP contribution in [0.25, 0.3) is 0 Å². The van der Waals surface area contributed by atoms with E-state index in [0.29, 0.717) is 58.9 Å². The van der Waals surface area contributed by atoms with E-state index in [4.69, 9.17) is 9.47 Å². The van der Waals surface area contributed by atoms with Crippen LogP contribution in [0.15, 0.2) is 60.8 Å². The van der Waals surface area contributed by atoms with Gasteiger partial charge in [-0.1, -0.05) is 36.4 Å². The van der Waals surface area contributed by atoms with Crippen molar-refractivity contribution in [2.24, 2.45) is 11.8 Å². The molecule has 1 aromatic heterocycles. The Hall–Kier alpha value is -3.23. The predicted molar refractivity (Wildman–Crippen MR) is 137 cm³/mol. The van der Waals surface area contributed by atoms with Crippen molar-refractivity contribution in [3.05, 3.63) is 72.1 Å². The van der Waals surface area contributed by atoms with Gasteiger partial charge in [0.05, 0.1) is 18.8 Å². The number of pyridine rings is 1. The molecule has 8 heteroatoms. The highest BCUT2D eigenvalue weighted by Gasteiger charge is 2.32. The fourth-order valence-electron chi connectivity index (χ4n) is 4.90. The normalized spacial score (nSPS) is 21.8. The quantitative estimate of drug-likeness (QED) is 0.473. The van der Waals surface area contributed by atoms with Gasteiger partial charge in [0.15, 0.2) is 0 Å². The molecule has 1 aromatic carbocycles. The molecule has 1 saturated heterocycles. The van der Waals surface area contributed by atoms with E-state index in [1.54, 1.807) is 13.3 Å². The van der Waals surface area contributed by atoms with Gasteiger partial charge in [0.2, 0.25) is 11.8 Å². The number of para-hydroxylation sites is 1. The SMILES string of the molecule is COCCNC(=O)C[C@@H]1CCN2C[C@@H]1/C=C\COc1ccccc1CN(Cc1ccccn1)CC2=O. The molecule has 2 amide bonds. The third-order valence-corrected chi connectivity index (χ3v) is 6.79. The van der Waals surface area contributed by atoms with Crippen LogP contribution in [0.3, 0.4) is 0 Å². The lowest BCUT2D eigenvalue weighted by Gasteiger charge is -2.38. The van der Waals surface area contributed by atoms with Gasteiger partial charge >= 0.3 is 0 Å². The molecule has 2 aliphatic heterocycles. The zero-order valence-electron chi connectivity index (χ0n) is 21.0. The van der Waals surface area contributed by atoms with Gasteiger partial charge < -0.3 is 19.7 Å². The topological polar surface area (TPSA) is 84.0 Å². The van der Waals surface area contributed by atoms with E-state index >= 15 is 0 Å². The van der Waals surface area contributed by atoms with Crippen molar-refractivity contribution in [3.63, 3.8) is 0 Å². The number of rotatable bonds is 7. The molecule has 0 spiro atoms. The van der Waals surface area contributed by atoms with Crippen LogP contribution < -0.4 is 10.1 Å². The van der Waals surface area contributed by atoms with Gasteiger partial charge in [-0.25, -0.2) is 0 Å². The number of hydrogen-bond donors (Lipinski definition) is 1. The van der Waals surface area contributed by atoms with Crippen LogP contribution in [-0.2, 0) is 27.4 Å². The number of piperidine rings is 1. The average Bonchev–Trinajstić information content (AvgIpc) is 2.89. The van der Waals surface area contributed by atoms with Crippen molar-refractivity contribution in [1.29, 1.82) is 0 Å². The van der Waals surface area contributed by atoms with Crippen LogP contribution in [0.2, 0.25) is 0 Å². The minimum atomic E-state index is 0.0276. The Morgan fingerprint density at radius 1 is 1.19 bits per heavy atom. The molecule has 2 aliphatic rings. The third-order valence-electron chi connectivity index (χ3n) is 6.79. The molecule has 2 atom stereocenters. The molecule has 8 nitrogen and oxygen atoms in total. The minimum absolute atomic E-state index is 0.0276. The Labute approximate surface area is 213 Å². The van der Waals surface area contributed by atoms with E-state index in [-0.39, 0.29) is 23.7 Å². The molecular weight excluding hydrogens is 456 g/mol. The number of aromatic nitrogens is 1. The molecule has 1 fully saturated rings. The van der Waals surface area contributed by atoms with Crippen molar-refractivity contribution in [2.75, 3.05) is 46.5 Å². The van der Waals surface area contributed by atoms with Gasteiger partial charge in [-0.15, -0.1) is 0 Å². The van der Waals surface area contributed by atoms with Gasteiger partial charge in [-0.3, -0.25) is 19.5 Å². The fourth-order valence-corrected chi connectivity index (χ4v) is 4.90. The molecular formula is C28H36N4O4. The summed E-state index contributed by atoms with van der Waals surface area (Å²) < 4.78 is 11.2. The van der Waals surface area contributed by atoms with Crippen LogP contribution in [0.4, 0.5) is 0 Å². The number of carbonyl (C=O) groups is 2. The van der Waals surface area contributed by atoms with Crippen molar-refractivity contribution < 1.29 is 19.1 Å². The summed E-state index contributed by atoms with van der Waals surface area (Å²) in [5, 5.41) is 2.92. The predicted octanol–water partition coefficient (Wildman–Crippen LogP) is 2.65. The highest BCUT2D eigenvalue weighted by molar-refractivity contribution is 5.79. The lowest BCUT2D eigenvalue weighted by Crippen LogP contribution is -2.47. The number of hydrogen-bond acceptors (Lipinski definition) is 6. The summed E-state index contributed by atoms with van der Waals surface area (Å²) in [7, 11) is 1.62. The molecule has 4 rings (SSSR count).